The average Bonchev–Trinajstić information content (AvgIpc) is 3.46. The van der Waals surface area contributed by atoms with Gasteiger partial charge in [0, 0.05) is 24.7 Å². The quantitative estimate of drug-likeness (QED) is 0.452. The molecule has 1 aliphatic rings. The van der Waals surface area contributed by atoms with Crippen LogP contribution in [-0.4, -0.2) is 49.6 Å². The van der Waals surface area contributed by atoms with E-state index in [0.29, 0.717) is 30.4 Å². The van der Waals surface area contributed by atoms with Gasteiger partial charge in [-0.05, 0) is 42.2 Å². The van der Waals surface area contributed by atoms with Crippen molar-refractivity contribution in [1.82, 2.24) is 19.5 Å². The van der Waals surface area contributed by atoms with Gasteiger partial charge in [0.25, 0.3) is 5.91 Å². The minimum Gasteiger partial charge on any atom is -0.477 e. The lowest BCUT2D eigenvalue weighted by Crippen LogP contribution is -2.38. The predicted octanol–water partition coefficient (Wildman–Crippen LogP) is 4.56. The second kappa shape index (κ2) is 8.67. The van der Waals surface area contributed by atoms with Gasteiger partial charge in [0.05, 0.1) is 11.9 Å². The number of rotatable bonds is 5. The molecule has 0 aliphatic carbocycles. The first kappa shape index (κ1) is 21.1. The van der Waals surface area contributed by atoms with Gasteiger partial charge >= 0.3 is 5.97 Å². The van der Waals surface area contributed by atoms with Gasteiger partial charge in [-0.1, -0.05) is 30.3 Å². The Morgan fingerprint density at radius 1 is 1.09 bits per heavy atom. The third-order valence-electron chi connectivity index (χ3n) is 6.15. The lowest BCUT2D eigenvalue weighted by atomic mass is 9.89. The van der Waals surface area contributed by atoms with Crippen molar-refractivity contribution in [2.24, 2.45) is 0 Å². The Morgan fingerprint density at radius 2 is 1.85 bits per heavy atom. The van der Waals surface area contributed by atoms with E-state index in [1.165, 1.54) is 22.5 Å². The molecule has 9 heteroatoms. The van der Waals surface area contributed by atoms with E-state index in [0.717, 1.165) is 24.1 Å². The summed E-state index contributed by atoms with van der Waals surface area (Å²) < 4.78 is 1.41. The van der Waals surface area contributed by atoms with Gasteiger partial charge in [-0.2, -0.15) is 9.61 Å². The van der Waals surface area contributed by atoms with Crippen LogP contribution in [0.3, 0.4) is 0 Å². The summed E-state index contributed by atoms with van der Waals surface area (Å²) in [7, 11) is 0. The number of amides is 1. The van der Waals surface area contributed by atoms with Crippen molar-refractivity contribution in [2.75, 3.05) is 18.4 Å². The van der Waals surface area contributed by atoms with E-state index >= 15 is 0 Å². The van der Waals surface area contributed by atoms with Crippen LogP contribution in [0.25, 0.3) is 5.65 Å². The van der Waals surface area contributed by atoms with E-state index in [9.17, 15) is 14.7 Å². The van der Waals surface area contributed by atoms with E-state index in [4.69, 9.17) is 0 Å². The molecule has 33 heavy (non-hydrogen) atoms. The molecule has 168 valence electrons. The molecule has 8 nitrogen and oxygen atoms in total. The van der Waals surface area contributed by atoms with Gasteiger partial charge in [0.2, 0.25) is 0 Å². The van der Waals surface area contributed by atoms with E-state index in [2.05, 4.69) is 27.5 Å². The van der Waals surface area contributed by atoms with Crippen LogP contribution in [0.4, 0.5) is 11.5 Å². The zero-order valence-corrected chi connectivity index (χ0v) is 18.9. The van der Waals surface area contributed by atoms with E-state index < -0.39 is 5.97 Å². The summed E-state index contributed by atoms with van der Waals surface area (Å²) in [6.07, 6.45) is 4.50. The van der Waals surface area contributed by atoms with E-state index in [-0.39, 0.29) is 17.1 Å². The molecule has 0 saturated carbocycles. The molecular weight excluding hydrogens is 438 g/mol. The normalized spacial score (nSPS) is 14.5. The highest BCUT2D eigenvalue weighted by Gasteiger charge is 2.28. The van der Waals surface area contributed by atoms with Crippen molar-refractivity contribution in [3.63, 3.8) is 0 Å². The zero-order valence-electron chi connectivity index (χ0n) is 18.1. The maximum atomic E-state index is 13.6. The number of aromatic carboxylic acids is 1. The highest BCUT2D eigenvalue weighted by atomic mass is 32.1. The van der Waals surface area contributed by atoms with Crippen LogP contribution < -0.4 is 5.32 Å². The molecule has 4 heterocycles. The Balaban J connectivity index is 1.47. The summed E-state index contributed by atoms with van der Waals surface area (Å²) >= 11 is 1.54. The van der Waals surface area contributed by atoms with Gasteiger partial charge in [-0.15, -0.1) is 11.3 Å². The number of benzene rings is 1. The molecule has 1 aliphatic heterocycles. The number of anilines is 2. The Hall–Kier alpha value is -3.72. The first-order chi connectivity index (χ1) is 16.0. The van der Waals surface area contributed by atoms with Gasteiger partial charge in [0.1, 0.15) is 16.9 Å². The van der Waals surface area contributed by atoms with Crippen LogP contribution in [0, 0.1) is 6.92 Å². The fourth-order valence-corrected chi connectivity index (χ4v) is 5.07. The summed E-state index contributed by atoms with van der Waals surface area (Å²) in [6.45, 7) is 3.26. The van der Waals surface area contributed by atoms with Crippen molar-refractivity contribution in [2.45, 2.75) is 25.7 Å². The molecule has 0 atom stereocenters. The van der Waals surface area contributed by atoms with Crippen molar-refractivity contribution < 1.29 is 14.7 Å². The number of thiophene rings is 1. The van der Waals surface area contributed by atoms with Crippen molar-refractivity contribution >= 4 is 40.4 Å². The van der Waals surface area contributed by atoms with Crippen LogP contribution in [0.1, 0.15) is 50.6 Å². The van der Waals surface area contributed by atoms with Crippen molar-refractivity contribution in [3.8, 4) is 0 Å². The average molecular weight is 462 g/mol. The number of carbonyl (C=O) groups excluding carboxylic acids is 1. The predicted molar refractivity (Wildman–Crippen MR) is 127 cm³/mol. The molecular formula is C24H23N5O3S. The SMILES string of the molecule is Cc1cscc1Nc1c(C(=O)N2CCC(c3ccccc3)CC2)cnc2c(C(=O)O)cnn12. The van der Waals surface area contributed by atoms with Crippen LogP contribution in [-0.2, 0) is 0 Å². The molecule has 0 spiro atoms. The number of hydrogen-bond acceptors (Lipinski definition) is 6. The Labute approximate surface area is 194 Å². The van der Waals surface area contributed by atoms with E-state index in [1.807, 2.05) is 40.8 Å². The fourth-order valence-electron chi connectivity index (χ4n) is 4.29. The Bertz CT molecular complexity index is 1320. The molecule has 5 rings (SSSR count). The van der Waals surface area contributed by atoms with Crippen LogP contribution in [0.2, 0.25) is 0 Å². The third kappa shape index (κ3) is 3.95. The molecule has 0 radical (unpaired) electrons. The zero-order chi connectivity index (χ0) is 22.9. The fraction of sp³-hybridized carbons (Fsp3) is 0.250. The lowest BCUT2D eigenvalue weighted by Gasteiger charge is -2.32. The summed E-state index contributed by atoms with van der Waals surface area (Å²) in [5.41, 5.74) is 3.72. The maximum absolute atomic E-state index is 13.6. The molecule has 3 aromatic heterocycles. The minimum absolute atomic E-state index is 0.0113. The second-order valence-electron chi connectivity index (χ2n) is 8.19. The second-order valence-corrected chi connectivity index (χ2v) is 8.93. The number of carboxylic acids is 1. The van der Waals surface area contributed by atoms with E-state index in [1.54, 1.807) is 11.3 Å². The summed E-state index contributed by atoms with van der Waals surface area (Å²) in [4.78, 5) is 31.3. The number of likely N-dealkylation sites (tertiary alicyclic amines) is 1. The third-order valence-corrected chi connectivity index (χ3v) is 7.01. The largest absolute Gasteiger partial charge is 0.477 e. The number of aryl methyl sites for hydroxylation is 1. The van der Waals surface area contributed by atoms with Crippen molar-refractivity contribution in [1.29, 1.82) is 0 Å². The highest BCUT2D eigenvalue weighted by molar-refractivity contribution is 7.08. The number of carboxylic acid groups (broad SMARTS) is 1. The topological polar surface area (TPSA) is 99.8 Å². The Kier molecular flexibility index (Phi) is 5.55. The Morgan fingerprint density at radius 3 is 2.52 bits per heavy atom. The number of piperidine rings is 1. The van der Waals surface area contributed by atoms with Crippen LogP contribution in [0.15, 0.2) is 53.5 Å². The standard InChI is InChI=1S/C24H23N5O3S/c1-15-13-33-14-20(15)27-22-18(11-25-21-19(24(31)32)12-26-29(21)22)23(30)28-9-7-17(8-10-28)16-5-3-2-4-6-16/h2-6,11-14,17,27H,7-10H2,1H3,(H,31,32). The number of hydrogen-bond donors (Lipinski definition) is 2. The lowest BCUT2D eigenvalue weighted by molar-refractivity contribution is 0.0695. The number of fused-ring (bicyclic) bond motifs is 1. The maximum Gasteiger partial charge on any atom is 0.341 e. The minimum atomic E-state index is -1.11. The molecule has 1 amide bonds. The van der Waals surface area contributed by atoms with Crippen LogP contribution >= 0.6 is 11.3 Å². The van der Waals surface area contributed by atoms with Gasteiger partial charge in [-0.25, -0.2) is 9.78 Å². The molecule has 1 saturated heterocycles. The molecule has 2 N–H and O–H groups in total. The molecule has 1 aromatic carbocycles. The summed E-state index contributed by atoms with van der Waals surface area (Å²) in [5, 5.41) is 21.0. The van der Waals surface area contributed by atoms with Gasteiger partial charge < -0.3 is 15.3 Å². The first-order valence-electron chi connectivity index (χ1n) is 10.8. The monoisotopic (exact) mass is 461 g/mol. The van der Waals surface area contributed by atoms with Crippen molar-refractivity contribution in [3.05, 3.63) is 75.7 Å². The molecule has 4 aromatic rings. The number of nitrogens with zero attached hydrogens (tertiary/aromatic N) is 4. The van der Waals surface area contributed by atoms with Gasteiger partial charge in [0.15, 0.2) is 5.65 Å². The molecule has 0 unspecified atom stereocenters. The summed E-state index contributed by atoms with van der Waals surface area (Å²) in [5.74, 6) is -0.397. The van der Waals surface area contributed by atoms with Gasteiger partial charge in [-0.3, -0.25) is 4.79 Å². The number of aromatic nitrogens is 3. The van der Waals surface area contributed by atoms with Crippen LogP contribution in [0.5, 0.6) is 0 Å². The smallest absolute Gasteiger partial charge is 0.341 e. The first-order valence-corrected chi connectivity index (χ1v) is 11.7. The number of carbonyl (C=O) groups is 2. The summed E-state index contributed by atoms with van der Waals surface area (Å²) in [6, 6.07) is 10.4. The molecule has 0 bridgehead atoms. The highest BCUT2D eigenvalue weighted by Crippen LogP contribution is 2.31. The molecule has 1 fully saturated rings. The number of nitrogens with one attached hydrogen (secondary N) is 1.